The molecule has 0 radical (unpaired) electrons. The van der Waals surface area contributed by atoms with E-state index in [0.717, 1.165) is 83.5 Å². The maximum Gasteiger partial charge on any atom is 0.220 e. The number of hydrogen-bond acceptors (Lipinski definition) is 18. The molecule has 0 saturated carbocycles. The average molecular weight is 1400 g/mol. The molecule has 0 aromatic heterocycles. The molecule has 3 heterocycles. The zero-order chi connectivity index (χ0) is 71.8. The van der Waals surface area contributed by atoms with Gasteiger partial charge >= 0.3 is 0 Å². The predicted octanol–water partition coefficient (Wildman–Crippen LogP) is 12.2. The van der Waals surface area contributed by atoms with Crippen molar-refractivity contribution in [1.29, 1.82) is 0 Å². The van der Waals surface area contributed by atoms with Crippen LogP contribution in [0.5, 0.6) is 0 Å². The Hall–Kier alpha value is -3.55. The normalized spacial score (nSPS) is 27.2. The first-order valence-corrected chi connectivity index (χ1v) is 38.6. The number of hydrogen-bond donors (Lipinski definition) is 12. The lowest BCUT2D eigenvalue weighted by Crippen LogP contribution is -2.66. The van der Waals surface area contributed by atoms with Gasteiger partial charge in [0.15, 0.2) is 18.9 Å². The molecule has 1 amide bonds. The smallest absolute Gasteiger partial charge is 0.220 e. The van der Waals surface area contributed by atoms with E-state index in [9.17, 15) is 61.0 Å². The second-order valence-electron chi connectivity index (χ2n) is 27.1. The predicted molar refractivity (Wildman–Crippen MR) is 392 cm³/mol. The summed E-state index contributed by atoms with van der Waals surface area (Å²) in [5.74, 6) is -0.287. The van der Waals surface area contributed by atoms with Gasteiger partial charge in [0.25, 0.3) is 0 Å². The van der Waals surface area contributed by atoms with Crippen LogP contribution in [-0.2, 0) is 33.2 Å². The largest absolute Gasteiger partial charge is 0.394 e. The summed E-state index contributed by atoms with van der Waals surface area (Å²) in [6.07, 6.45) is 55.1. The summed E-state index contributed by atoms with van der Waals surface area (Å²) in [7, 11) is 0. The van der Waals surface area contributed by atoms with Crippen LogP contribution in [-0.4, -0.2) is 193 Å². The third-order valence-corrected chi connectivity index (χ3v) is 18.6. The van der Waals surface area contributed by atoms with Gasteiger partial charge in [-0.2, -0.15) is 0 Å². The van der Waals surface area contributed by atoms with Crippen LogP contribution < -0.4 is 5.32 Å². The number of amides is 1. The minimum atomic E-state index is -1.98. The van der Waals surface area contributed by atoms with Gasteiger partial charge in [-0.3, -0.25) is 4.79 Å². The number of carbonyl (C=O) groups is 1. The van der Waals surface area contributed by atoms with Crippen molar-refractivity contribution in [2.75, 3.05) is 26.4 Å². The van der Waals surface area contributed by atoms with Gasteiger partial charge in [0.1, 0.15) is 73.2 Å². The molecular weight excluding hydrogens is 1260 g/mol. The third kappa shape index (κ3) is 40.3. The van der Waals surface area contributed by atoms with E-state index >= 15 is 0 Å². The molecule has 0 aromatic carbocycles. The standard InChI is InChI=1S/C80H137NO18/c1-3-5-7-9-11-13-15-17-19-20-21-22-23-24-25-26-27-28-29-30-31-32-33-34-35-36-37-38-39-40-41-42-44-46-48-50-52-54-56-58-68(86)81-63(64(85)57-55-53-51-49-47-45-43-18-16-14-12-10-8-6-4-2)62-94-78-74(92)71(89)76(66(60-83)96-78)99-80-75(93)72(90)77(67(61-84)97-80)98-79-73(91)70(88)69(87)65(59-82)95-79/h5,7,11,13,17,19,21-22,24-25,27-28,30-31,47,49,55,57,63-67,69-80,82-85,87-93H,3-4,6,8-10,12,14-16,18,20,23,26,29,32-46,48,50-54,56,58-62H2,1-2H3,(H,81,86)/b7-5-,13-11-,19-17-,22-21-,25-24-,28-27-,31-30-,49-47+,57-55+. The highest BCUT2D eigenvalue weighted by molar-refractivity contribution is 5.76. The Morgan fingerprint density at radius 2 is 0.707 bits per heavy atom. The van der Waals surface area contributed by atoms with E-state index in [4.69, 9.17) is 28.4 Å². The number of rotatable bonds is 59. The van der Waals surface area contributed by atoms with Crippen LogP contribution >= 0.6 is 0 Å². The quantitative estimate of drug-likeness (QED) is 0.0199. The zero-order valence-electron chi connectivity index (χ0n) is 60.7. The molecule has 3 saturated heterocycles. The number of unbranched alkanes of at least 4 members (excludes halogenated alkanes) is 27. The summed E-state index contributed by atoms with van der Waals surface area (Å²) in [6, 6.07) is -0.994. The molecule has 0 aliphatic carbocycles. The number of allylic oxidation sites excluding steroid dienone is 17. The average Bonchev–Trinajstić information content (AvgIpc) is 0.784. The second kappa shape index (κ2) is 59.8. The number of nitrogens with one attached hydrogen (secondary N) is 1. The van der Waals surface area contributed by atoms with Crippen LogP contribution in [0.15, 0.2) is 109 Å². The lowest BCUT2D eigenvalue weighted by Gasteiger charge is -2.48. The van der Waals surface area contributed by atoms with Gasteiger partial charge in [0, 0.05) is 6.42 Å². The van der Waals surface area contributed by atoms with E-state index in [1.165, 1.54) is 141 Å². The second-order valence-corrected chi connectivity index (χ2v) is 27.1. The first-order valence-electron chi connectivity index (χ1n) is 38.6. The molecule has 0 bridgehead atoms. The maximum atomic E-state index is 13.4. The van der Waals surface area contributed by atoms with Gasteiger partial charge in [0.2, 0.25) is 5.91 Å². The Bertz CT molecular complexity index is 2220. The molecule has 17 atom stereocenters. The summed E-state index contributed by atoms with van der Waals surface area (Å²) in [6.45, 7) is 1.59. The highest BCUT2D eigenvalue weighted by atomic mass is 16.8. The summed E-state index contributed by atoms with van der Waals surface area (Å²) in [4.78, 5) is 13.4. The fraction of sp³-hybridized carbons (Fsp3) is 0.762. The molecule has 19 nitrogen and oxygen atoms in total. The SMILES string of the molecule is CC/C=C\C/C=C\C/C=C\C/C=C\C/C=C\C/C=C\C/C=C\CCCCCCCCCCCCCCCCCCCC(=O)NC(COC1OC(CO)C(OC2OC(CO)C(OC3OC(CO)C(O)C(O)C3O)C(O)C2O)C(O)C1O)C(O)/C=C/CC/C=C/CCCCCCCCCCC. The molecular formula is C80H137NO18. The summed E-state index contributed by atoms with van der Waals surface area (Å²) >= 11 is 0. The molecule has 19 heteroatoms. The minimum Gasteiger partial charge on any atom is -0.394 e. The van der Waals surface area contributed by atoms with Crippen molar-refractivity contribution in [1.82, 2.24) is 5.32 Å². The molecule has 0 spiro atoms. The Morgan fingerprint density at radius 1 is 0.374 bits per heavy atom. The summed E-state index contributed by atoms with van der Waals surface area (Å²) in [5.41, 5.74) is 0. The van der Waals surface area contributed by atoms with Crippen molar-refractivity contribution < 1.29 is 89.4 Å². The Labute approximate surface area is 595 Å². The van der Waals surface area contributed by atoms with E-state index in [2.05, 4.69) is 116 Å². The highest BCUT2D eigenvalue weighted by Gasteiger charge is 2.53. The van der Waals surface area contributed by atoms with Crippen molar-refractivity contribution in [3.05, 3.63) is 109 Å². The van der Waals surface area contributed by atoms with Gasteiger partial charge in [-0.1, -0.05) is 271 Å². The van der Waals surface area contributed by atoms with E-state index in [-0.39, 0.29) is 18.9 Å². The minimum absolute atomic E-state index is 0.232. The molecule has 570 valence electrons. The third-order valence-electron chi connectivity index (χ3n) is 18.6. The number of aliphatic hydroxyl groups is 11. The summed E-state index contributed by atoms with van der Waals surface area (Å²) in [5, 5.41) is 121. The molecule has 12 N–H and O–H groups in total. The summed E-state index contributed by atoms with van der Waals surface area (Å²) < 4.78 is 34.4. The van der Waals surface area contributed by atoms with Crippen LogP contribution in [0.2, 0.25) is 0 Å². The van der Waals surface area contributed by atoms with Gasteiger partial charge < -0.3 is 89.9 Å². The number of aliphatic hydroxyl groups excluding tert-OH is 11. The van der Waals surface area contributed by atoms with Gasteiger partial charge in [0.05, 0.1) is 38.6 Å². The zero-order valence-corrected chi connectivity index (χ0v) is 60.7. The first kappa shape index (κ1) is 89.7. The maximum absolute atomic E-state index is 13.4. The van der Waals surface area contributed by atoms with E-state index in [1.807, 2.05) is 6.08 Å². The van der Waals surface area contributed by atoms with Crippen molar-refractivity contribution >= 4 is 5.91 Å². The van der Waals surface area contributed by atoms with Crippen LogP contribution in [0.4, 0.5) is 0 Å². The molecule has 3 aliphatic heterocycles. The monoisotopic (exact) mass is 1400 g/mol. The Kier molecular flexibility index (Phi) is 54.2. The van der Waals surface area contributed by atoms with Gasteiger partial charge in [-0.05, 0) is 89.9 Å². The van der Waals surface area contributed by atoms with Gasteiger partial charge in [-0.25, -0.2) is 0 Å². The number of ether oxygens (including phenoxy) is 6. The Balaban J connectivity index is 1.32. The van der Waals surface area contributed by atoms with Crippen LogP contribution in [0.1, 0.15) is 258 Å². The van der Waals surface area contributed by atoms with Crippen molar-refractivity contribution in [3.8, 4) is 0 Å². The fourth-order valence-corrected chi connectivity index (χ4v) is 12.4. The van der Waals surface area contributed by atoms with E-state index in [0.29, 0.717) is 12.8 Å². The lowest BCUT2D eigenvalue weighted by molar-refractivity contribution is -0.379. The van der Waals surface area contributed by atoms with Crippen molar-refractivity contribution in [2.24, 2.45) is 0 Å². The molecule has 17 unspecified atom stereocenters. The van der Waals surface area contributed by atoms with Gasteiger partial charge in [-0.15, -0.1) is 0 Å². The van der Waals surface area contributed by atoms with Crippen LogP contribution in [0, 0.1) is 0 Å². The molecule has 99 heavy (non-hydrogen) atoms. The molecule has 3 fully saturated rings. The topological polar surface area (TPSA) is 307 Å². The van der Waals surface area contributed by atoms with Crippen LogP contribution in [0.3, 0.4) is 0 Å². The first-order chi connectivity index (χ1) is 48.3. The van der Waals surface area contributed by atoms with Crippen molar-refractivity contribution in [2.45, 2.75) is 362 Å². The van der Waals surface area contributed by atoms with E-state index in [1.54, 1.807) is 6.08 Å². The molecule has 3 rings (SSSR count). The molecule has 3 aliphatic rings. The number of carbonyl (C=O) groups excluding carboxylic acids is 1. The fourth-order valence-electron chi connectivity index (χ4n) is 12.4. The van der Waals surface area contributed by atoms with Crippen molar-refractivity contribution in [3.63, 3.8) is 0 Å². The van der Waals surface area contributed by atoms with E-state index < -0.39 is 124 Å². The molecule has 0 aromatic rings. The highest BCUT2D eigenvalue weighted by Crippen LogP contribution is 2.33. The van der Waals surface area contributed by atoms with Crippen LogP contribution in [0.25, 0.3) is 0 Å². The Morgan fingerprint density at radius 3 is 1.13 bits per heavy atom. The lowest BCUT2D eigenvalue weighted by atomic mass is 9.96.